The Kier molecular flexibility index (Phi) is 3.80. The van der Waals surface area contributed by atoms with Crippen molar-refractivity contribution in [3.63, 3.8) is 0 Å². The van der Waals surface area contributed by atoms with Gasteiger partial charge in [0.05, 0.1) is 5.69 Å². The Morgan fingerprint density at radius 2 is 1.88 bits per heavy atom. The Bertz CT molecular complexity index is 926. The van der Waals surface area contributed by atoms with E-state index in [2.05, 4.69) is 9.88 Å². The second kappa shape index (κ2) is 6.12. The third-order valence-corrected chi connectivity index (χ3v) is 4.62. The SMILES string of the molecule is Cc1ccn2cc(C(=O)N3CCN(c4ccccc4O)CC3)nc2c1. The number of carbonyl (C=O) groups is 1. The fraction of sp³-hybridized carbons (Fsp3) is 0.263. The van der Waals surface area contributed by atoms with Gasteiger partial charge >= 0.3 is 0 Å². The number of aromatic hydroxyl groups is 1. The first-order valence-corrected chi connectivity index (χ1v) is 8.39. The molecule has 2 aromatic heterocycles. The number of imidazole rings is 1. The zero-order valence-electron chi connectivity index (χ0n) is 14.1. The van der Waals surface area contributed by atoms with Crippen molar-refractivity contribution < 1.29 is 9.90 Å². The van der Waals surface area contributed by atoms with Crippen LogP contribution >= 0.6 is 0 Å². The van der Waals surface area contributed by atoms with E-state index in [4.69, 9.17) is 0 Å². The van der Waals surface area contributed by atoms with Crippen LogP contribution in [0.5, 0.6) is 5.75 Å². The van der Waals surface area contributed by atoms with Crippen LogP contribution in [0.1, 0.15) is 16.1 Å². The van der Waals surface area contributed by atoms with E-state index >= 15 is 0 Å². The standard InChI is InChI=1S/C19H20N4O2/c1-14-6-7-23-13-15(20-18(23)12-14)19(25)22-10-8-21(9-11-22)16-4-2-3-5-17(16)24/h2-7,12-13,24H,8-11H2,1H3. The fourth-order valence-electron chi connectivity index (χ4n) is 3.23. The topological polar surface area (TPSA) is 61.1 Å². The van der Waals surface area contributed by atoms with Crippen molar-refractivity contribution in [2.24, 2.45) is 0 Å². The van der Waals surface area contributed by atoms with Crippen molar-refractivity contribution >= 4 is 17.2 Å². The maximum absolute atomic E-state index is 12.7. The number of phenolic OH excluding ortho intramolecular Hbond substituents is 1. The molecular formula is C19H20N4O2. The molecule has 6 heteroatoms. The molecular weight excluding hydrogens is 316 g/mol. The number of anilines is 1. The van der Waals surface area contributed by atoms with E-state index in [1.165, 1.54) is 0 Å². The van der Waals surface area contributed by atoms with E-state index in [-0.39, 0.29) is 11.7 Å². The Labute approximate surface area is 145 Å². The highest BCUT2D eigenvalue weighted by Crippen LogP contribution is 2.27. The highest BCUT2D eigenvalue weighted by Gasteiger charge is 2.25. The summed E-state index contributed by atoms with van der Waals surface area (Å²) >= 11 is 0. The van der Waals surface area contributed by atoms with Crippen molar-refractivity contribution in [1.82, 2.24) is 14.3 Å². The normalized spacial score (nSPS) is 14.9. The number of hydrogen-bond donors (Lipinski definition) is 1. The van der Waals surface area contributed by atoms with Crippen molar-refractivity contribution in [2.45, 2.75) is 6.92 Å². The van der Waals surface area contributed by atoms with Gasteiger partial charge in [0, 0.05) is 38.6 Å². The van der Waals surface area contributed by atoms with Gasteiger partial charge in [0.15, 0.2) is 0 Å². The summed E-state index contributed by atoms with van der Waals surface area (Å²) in [4.78, 5) is 21.1. The van der Waals surface area contributed by atoms with E-state index in [9.17, 15) is 9.90 Å². The number of amides is 1. The van der Waals surface area contributed by atoms with Crippen LogP contribution in [0, 0.1) is 6.92 Å². The lowest BCUT2D eigenvalue weighted by Crippen LogP contribution is -2.48. The number of nitrogens with zero attached hydrogens (tertiary/aromatic N) is 4. The second-order valence-corrected chi connectivity index (χ2v) is 6.36. The van der Waals surface area contributed by atoms with E-state index in [1.807, 2.05) is 52.8 Å². The summed E-state index contributed by atoms with van der Waals surface area (Å²) in [6.45, 7) is 4.61. The molecule has 0 bridgehead atoms. The molecule has 1 fully saturated rings. The Morgan fingerprint density at radius 1 is 1.12 bits per heavy atom. The number of pyridine rings is 1. The molecule has 0 aliphatic carbocycles. The Morgan fingerprint density at radius 3 is 2.64 bits per heavy atom. The molecule has 1 N–H and O–H groups in total. The van der Waals surface area contributed by atoms with Gasteiger partial charge in [-0.3, -0.25) is 4.79 Å². The first-order chi connectivity index (χ1) is 12.1. The number of para-hydroxylation sites is 2. The zero-order valence-corrected chi connectivity index (χ0v) is 14.1. The molecule has 0 atom stereocenters. The third-order valence-electron chi connectivity index (χ3n) is 4.62. The number of benzene rings is 1. The molecule has 0 saturated carbocycles. The van der Waals surface area contributed by atoms with E-state index in [0.29, 0.717) is 31.9 Å². The largest absolute Gasteiger partial charge is 0.506 e. The maximum Gasteiger partial charge on any atom is 0.274 e. The van der Waals surface area contributed by atoms with Crippen LogP contribution in [0.25, 0.3) is 5.65 Å². The molecule has 1 saturated heterocycles. The molecule has 128 valence electrons. The molecule has 1 aliphatic heterocycles. The zero-order chi connectivity index (χ0) is 17.4. The first-order valence-electron chi connectivity index (χ1n) is 8.39. The minimum atomic E-state index is -0.0433. The van der Waals surface area contributed by atoms with Crippen LogP contribution < -0.4 is 4.90 Å². The lowest BCUT2D eigenvalue weighted by Gasteiger charge is -2.36. The van der Waals surface area contributed by atoms with Gasteiger partial charge in [-0.15, -0.1) is 0 Å². The van der Waals surface area contributed by atoms with Crippen LogP contribution in [-0.4, -0.2) is 51.5 Å². The summed E-state index contributed by atoms with van der Waals surface area (Å²) in [5.41, 5.74) is 3.20. The van der Waals surface area contributed by atoms with Gasteiger partial charge in [0.2, 0.25) is 0 Å². The van der Waals surface area contributed by atoms with Crippen molar-refractivity contribution in [3.05, 3.63) is 60.0 Å². The summed E-state index contributed by atoms with van der Waals surface area (Å²) in [7, 11) is 0. The van der Waals surface area contributed by atoms with Crippen molar-refractivity contribution in [3.8, 4) is 5.75 Å². The van der Waals surface area contributed by atoms with Gasteiger partial charge in [0.25, 0.3) is 5.91 Å². The summed E-state index contributed by atoms with van der Waals surface area (Å²) in [6.07, 6.45) is 3.71. The molecule has 4 rings (SSSR count). The van der Waals surface area contributed by atoms with Crippen molar-refractivity contribution in [1.29, 1.82) is 0 Å². The predicted molar refractivity (Wildman–Crippen MR) is 96.2 cm³/mol. The average Bonchev–Trinajstić information content (AvgIpc) is 3.05. The number of carbonyl (C=O) groups excluding carboxylic acids is 1. The van der Waals surface area contributed by atoms with Crippen LogP contribution in [0.2, 0.25) is 0 Å². The molecule has 0 unspecified atom stereocenters. The average molecular weight is 336 g/mol. The number of aromatic nitrogens is 2. The van der Waals surface area contributed by atoms with Crippen molar-refractivity contribution in [2.75, 3.05) is 31.1 Å². The molecule has 3 heterocycles. The van der Waals surface area contributed by atoms with Gasteiger partial charge in [-0.2, -0.15) is 0 Å². The molecule has 0 spiro atoms. The second-order valence-electron chi connectivity index (χ2n) is 6.36. The van der Waals surface area contributed by atoms with Gasteiger partial charge in [-0.25, -0.2) is 4.98 Å². The van der Waals surface area contributed by atoms with Gasteiger partial charge in [-0.05, 0) is 36.8 Å². The molecule has 3 aromatic rings. The molecule has 6 nitrogen and oxygen atoms in total. The minimum Gasteiger partial charge on any atom is -0.506 e. The summed E-state index contributed by atoms with van der Waals surface area (Å²) in [6, 6.07) is 11.3. The Hall–Kier alpha value is -3.02. The molecule has 1 amide bonds. The highest BCUT2D eigenvalue weighted by molar-refractivity contribution is 5.93. The van der Waals surface area contributed by atoms with Crippen LogP contribution in [0.3, 0.4) is 0 Å². The van der Waals surface area contributed by atoms with E-state index < -0.39 is 0 Å². The smallest absolute Gasteiger partial charge is 0.274 e. The highest BCUT2D eigenvalue weighted by atomic mass is 16.3. The number of hydrogen-bond acceptors (Lipinski definition) is 4. The van der Waals surface area contributed by atoms with E-state index in [0.717, 1.165) is 16.9 Å². The lowest BCUT2D eigenvalue weighted by molar-refractivity contribution is 0.0741. The van der Waals surface area contributed by atoms with Gasteiger partial charge < -0.3 is 19.3 Å². The molecule has 1 aliphatic rings. The fourth-order valence-corrected chi connectivity index (χ4v) is 3.23. The summed E-state index contributed by atoms with van der Waals surface area (Å²) < 4.78 is 1.87. The third kappa shape index (κ3) is 2.91. The summed E-state index contributed by atoms with van der Waals surface area (Å²) in [5, 5.41) is 9.98. The predicted octanol–water partition coefficient (Wildman–Crippen LogP) is 2.31. The van der Waals surface area contributed by atoms with E-state index in [1.54, 1.807) is 12.3 Å². The molecule has 0 radical (unpaired) electrons. The summed E-state index contributed by atoms with van der Waals surface area (Å²) in [5.74, 6) is 0.233. The minimum absolute atomic E-state index is 0.0433. The Balaban J connectivity index is 1.48. The maximum atomic E-state index is 12.7. The quantitative estimate of drug-likeness (QED) is 0.780. The first kappa shape index (κ1) is 15.5. The molecule has 1 aromatic carbocycles. The van der Waals surface area contributed by atoms with Crippen LogP contribution in [0.4, 0.5) is 5.69 Å². The number of fused-ring (bicyclic) bond motifs is 1. The lowest BCUT2D eigenvalue weighted by atomic mass is 10.2. The number of piperazine rings is 1. The number of rotatable bonds is 2. The molecule has 25 heavy (non-hydrogen) atoms. The number of aryl methyl sites for hydroxylation is 1. The van der Waals surface area contributed by atoms with Gasteiger partial charge in [-0.1, -0.05) is 12.1 Å². The number of phenols is 1. The van der Waals surface area contributed by atoms with Crippen LogP contribution in [0.15, 0.2) is 48.8 Å². The van der Waals surface area contributed by atoms with Crippen LogP contribution in [-0.2, 0) is 0 Å². The van der Waals surface area contributed by atoms with Gasteiger partial charge in [0.1, 0.15) is 17.1 Å². The monoisotopic (exact) mass is 336 g/mol.